The molecule has 0 radical (unpaired) electrons. The fraction of sp³-hybridized carbons (Fsp3) is 0.222. The molecule has 5 heteroatoms. The van der Waals surface area contributed by atoms with E-state index in [4.69, 9.17) is 4.74 Å². The van der Waals surface area contributed by atoms with Gasteiger partial charge in [0.1, 0.15) is 6.61 Å². The number of carbonyl (C=O) groups excluding carboxylic acids is 1. The lowest BCUT2D eigenvalue weighted by molar-refractivity contribution is -0.139. The Morgan fingerprint density at radius 3 is 2.26 bits per heavy atom. The average Bonchev–Trinajstić information content (AvgIpc) is 2.50. The monoisotopic (exact) mass is 313 g/mol. The van der Waals surface area contributed by atoms with E-state index < -0.39 is 18.1 Å². The molecule has 23 heavy (non-hydrogen) atoms. The summed E-state index contributed by atoms with van der Waals surface area (Å²) in [6.07, 6.45) is -0.764. The van der Waals surface area contributed by atoms with Crippen LogP contribution in [0.2, 0.25) is 0 Å². The van der Waals surface area contributed by atoms with E-state index in [-0.39, 0.29) is 6.61 Å². The second kappa shape index (κ2) is 7.45. The summed E-state index contributed by atoms with van der Waals surface area (Å²) in [5.74, 6) is -1.13. The lowest BCUT2D eigenvalue weighted by Crippen LogP contribution is -2.34. The van der Waals surface area contributed by atoms with Crippen LogP contribution in [0, 0.1) is 13.8 Å². The predicted octanol–water partition coefficient (Wildman–Crippen LogP) is 3.36. The number of hydrogen-bond donors (Lipinski definition) is 2. The first-order chi connectivity index (χ1) is 11.0. The molecule has 0 saturated carbocycles. The quantitative estimate of drug-likeness (QED) is 0.887. The summed E-state index contributed by atoms with van der Waals surface area (Å²) in [4.78, 5) is 23.3. The highest BCUT2D eigenvalue weighted by Crippen LogP contribution is 2.18. The molecule has 0 aliphatic rings. The van der Waals surface area contributed by atoms with Gasteiger partial charge in [0.15, 0.2) is 6.04 Å². The van der Waals surface area contributed by atoms with Gasteiger partial charge in [0.2, 0.25) is 0 Å². The molecule has 2 aromatic carbocycles. The van der Waals surface area contributed by atoms with Gasteiger partial charge in [0, 0.05) is 0 Å². The van der Waals surface area contributed by atoms with Crippen molar-refractivity contribution in [2.45, 2.75) is 26.5 Å². The Morgan fingerprint density at radius 1 is 1.09 bits per heavy atom. The van der Waals surface area contributed by atoms with Crippen molar-refractivity contribution in [2.75, 3.05) is 0 Å². The zero-order chi connectivity index (χ0) is 16.8. The van der Waals surface area contributed by atoms with Crippen molar-refractivity contribution in [2.24, 2.45) is 0 Å². The number of ether oxygens (including phenoxy) is 1. The van der Waals surface area contributed by atoms with E-state index in [0.717, 1.165) is 16.7 Å². The number of alkyl carbamates (subject to hydrolysis) is 1. The summed E-state index contributed by atoms with van der Waals surface area (Å²) in [7, 11) is 0. The van der Waals surface area contributed by atoms with E-state index in [1.807, 2.05) is 50.2 Å². The molecular formula is C18H19NO4. The highest BCUT2D eigenvalue weighted by Gasteiger charge is 2.23. The van der Waals surface area contributed by atoms with E-state index in [2.05, 4.69) is 5.32 Å². The fourth-order valence-electron chi connectivity index (χ4n) is 2.35. The third kappa shape index (κ3) is 4.85. The number of carboxylic acid groups (broad SMARTS) is 1. The maximum atomic E-state index is 11.9. The summed E-state index contributed by atoms with van der Waals surface area (Å²) in [6, 6.07) is 13.5. The molecule has 2 rings (SSSR count). The Kier molecular flexibility index (Phi) is 5.36. The van der Waals surface area contributed by atoms with Crippen LogP contribution in [0.5, 0.6) is 0 Å². The van der Waals surface area contributed by atoms with E-state index in [0.29, 0.717) is 5.56 Å². The predicted molar refractivity (Wildman–Crippen MR) is 86.1 cm³/mol. The zero-order valence-corrected chi connectivity index (χ0v) is 13.1. The van der Waals surface area contributed by atoms with Gasteiger partial charge in [-0.2, -0.15) is 0 Å². The molecule has 5 nitrogen and oxygen atoms in total. The summed E-state index contributed by atoms with van der Waals surface area (Å²) in [5.41, 5.74) is 3.23. The molecule has 0 bridgehead atoms. The van der Waals surface area contributed by atoms with Gasteiger partial charge in [-0.3, -0.25) is 0 Å². The number of aryl methyl sites for hydroxylation is 2. The molecule has 0 aliphatic heterocycles. The molecule has 0 aromatic heterocycles. The summed E-state index contributed by atoms with van der Waals surface area (Å²) >= 11 is 0. The van der Waals surface area contributed by atoms with Crippen molar-refractivity contribution in [3.05, 3.63) is 70.8 Å². The Bertz CT molecular complexity index is 677. The Morgan fingerprint density at radius 2 is 1.70 bits per heavy atom. The minimum absolute atomic E-state index is 0.0891. The van der Waals surface area contributed by atoms with Crippen molar-refractivity contribution >= 4 is 12.1 Å². The van der Waals surface area contributed by atoms with Gasteiger partial charge < -0.3 is 15.2 Å². The highest BCUT2D eigenvalue weighted by molar-refractivity contribution is 5.81. The molecule has 2 N–H and O–H groups in total. The number of rotatable bonds is 5. The van der Waals surface area contributed by atoms with Gasteiger partial charge in [0.25, 0.3) is 0 Å². The summed E-state index contributed by atoms with van der Waals surface area (Å²) in [6.45, 7) is 3.85. The van der Waals surface area contributed by atoms with Gasteiger partial charge in [0.05, 0.1) is 0 Å². The third-order valence-electron chi connectivity index (χ3n) is 3.30. The average molecular weight is 313 g/mol. The van der Waals surface area contributed by atoms with Gasteiger partial charge in [-0.25, -0.2) is 9.59 Å². The minimum atomic E-state index is -1.14. The molecule has 0 fully saturated rings. The van der Waals surface area contributed by atoms with Crippen LogP contribution >= 0.6 is 0 Å². The maximum Gasteiger partial charge on any atom is 0.408 e. The van der Waals surface area contributed by atoms with Gasteiger partial charge in [-0.1, -0.05) is 59.7 Å². The molecule has 1 amide bonds. The van der Waals surface area contributed by atoms with E-state index >= 15 is 0 Å². The first kappa shape index (κ1) is 16.5. The van der Waals surface area contributed by atoms with Crippen molar-refractivity contribution in [3.8, 4) is 0 Å². The van der Waals surface area contributed by atoms with Crippen LogP contribution in [0.1, 0.15) is 28.3 Å². The summed E-state index contributed by atoms with van der Waals surface area (Å²) in [5, 5.41) is 11.8. The lowest BCUT2D eigenvalue weighted by Gasteiger charge is -2.16. The van der Waals surface area contributed by atoms with Gasteiger partial charge >= 0.3 is 12.1 Å². The maximum absolute atomic E-state index is 11.9. The van der Waals surface area contributed by atoms with E-state index in [1.54, 1.807) is 12.1 Å². The molecule has 1 atom stereocenters. The SMILES string of the molecule is Cc1cc(C)cc([C@@H](NC(=O)OCc2ccccc2)C(=O)O)c1. The fourth-order valence-corrected chi connectivity index (χ4v) is 2.35. The molecule has 0 aliphatic carbocycles. The Hall–Kier alpha value is -2.82. The number of aliphatic carboxylic acids is 1. The Labute approximate surface area is 134 Å². The highest BCUT2D eigenvalue weighted by atomic mass is 16.5. The number of benzene rings is 2. The number of amides is 1. The second-order valence-electron chi connectivity index (χ2n) is 5.40. The van der Waals surface area contributed by atoms with Crippen LogP contribution < -0.4 is 5.32 Å². The van der Waals surface area contributed by atoms with E-state index in [1.165, 1.54) is 0 Å². The normalized spacial score (nSPS) is 11.6. The molecular weight excluding hydrogens is 294 g/mol. The lowest BCUT2D eigenvalue weighted by atomic mass is 10.0. The molecule has 0 saturated heterocycles. The van der Waals surface area contributed by atoms with Crippen LogP contribution in [0.15, 0.2) is 48.5 Å². The number of carboxylic acids is 1. The molecule has 0 unspecified atom stereocenters. The van der Waals surface area contributed by atoms with E-state index in [9.17, 15) is 14.7 Å². The van der Waals surface area contributed by atoms with Crippen LogP contribution in [0.3, 0.4) is 0 Å². The number of nitrogens with one attached hydrogen (secondary N) is 1. The standard InChI is InChI=1S/C18H19NO4/c1-12-8-13(2)10-15(9-12)16(17(20)21)19-18(22)23-11-14-6-4-3-5-7-14/h3-10,16H,11H2,1-2H3,(H,19,22)(H,20,21)/t16-/m1/s1. The first-order valence-corrected chi connectivity index (χ1v) is 7.24. The largest absolute Gasteiger partial charge is 0.479 e. The zero-order valence-electron chi connectivity index (χ0n) is 13.1. The molecule has 2 aromatic rings. The van der Waals surface area contributed by atoms with Crippen molar-refractivity contribution in [1.82, 2.24) is 5.32 Å². The van der Waals surface area contributed by atoms with Gasteiger partial charge in [-0.05, 0) is 25.0 Å². The second-order valence-corrected chi connectivity index (χ2v) is 5.40. The minimum Gasteiger partial charge on any atom is -0.479 e. The number of hydrogen-bond acceptors (Lipinski definition) is 3. The van der Waals surface area contributed by atoms with Crippen LogP contribution in [0.25, 0.3) is 0 Å². The van der Waals surface area contributed by atoms with Crippen molar-refractivity contribution in [1.29, 1.82) is 0 Å². The van der Waals surface area contributed by atoms with Crippen molar-refractivity contribution < 1.29 is 19.4 Å². The van der Waals surface area contributed by atoms with Gasteiger partial charge in [-0.15, -0.1) is 0 Å². The topological polar surface area (TPSA) is 75.6 Å². The Balaban J connectivity index is 2.04. The van der Waals surface area contributed by atoms with Crippen LogP contribution in [-0.2, 0) is 16.1 Å². The van der Waals surface area contributed by atoms with Crippen LogP contribution in [0.4, 0.5) is 4.79 Å². The molecule has 120 valence electrons. The van der Waals surface area contributed by atoms with Crippen molar-refractivity contribution in [3.63, 3.8) is 0 Å². The smallest absolute Gasteiger partial charge is 0.408 e. The molecule has 0 spiro atoms. The molecule has 0 heterocycles. The third-order valence-corrected chi connectivity index (χ3v) is 3.30. The van der Waals surface area contributed by atoms with Crippen LogP contribution in [-0.4, -0.2) is 17.2 Å². The number of carbonyl (C=O) groups is 2. The summed E-state index contributed by atoms with van der Waals surface area (Å²) < 4.78 is 5.08. The first-order valence-electron chi connectivity index (χ1n) is 7.24.